The monoisotopic (exact) mass is 952 g/mol. The van der Waals surface area contributed by atoms with Crippen molar-refractivity contribution in [3.05, 3.63) is 53.9 Å². The van der Waals surface area contributed by atoms with E-state index in [2.05, 4.69) is 15.5 Å². The lowest BCUT2D eigenvalue weighted by molar-refractivity contribution is -0.265. The average molecular weight is 952 g/mol. The zero-order chi connectivity index (χ0) is 49.9. The number of aliphatic hydroxyl groups excluding tert-OH is 2. The van der Waals surface area contributed by atoms with Gasteiger partial charge in [-0.2, -0.15) is 0 Å². The third-order valence-electron chi connectivity index (χ3n) is 14.9. The molecule has 1 saturated carbocycles. The zero-order valence-electron chi connectivity index (χ0n) is 41.6. The van der Waals surface area contributed by atoms with E-state index in [4.69, 9.17) is 18.9 Å². The van der Waals surface area contributed by atoms with E-state index >= 15 is 0 Å². The fraction of sp³-hybridized carbons (Fsp3) is 0.725. The number of nitrogens with zero attached hydrogens (tertiary/aromatic N) is 5. The smallest absolute Gasteiger partial charge is 0.329 e. The molecule has 3 fully saturated rings. The number of aliphatic hydroxyl groups is 3. The van der Waals surface area contributed by atoms with Gasteiger partial charge in [-0.15, -0.1) is 5.10 Å². The predicted molar refractivity (Wildman–Crippen MR) is 251 cm³/mol. The number of aromatic nitrogens is 4. The molecule has 1 aromatic rings. The molecule has 4 heterocycles. The van der Waals surface area contributed by atoms with Gasteiger partial charge in [0.05, 0.1) is 24.4 Å². The molecule has 3 N–H and O–H groups in total. The number of hydrogen-bond donors (Lipinski definition) is 3. The second-order valence-corrected chi connectivity index (χ2v) is 20.2. The minimum absolute atomic E-state index is 0.0111. The molecule has 17 heteroatoms. The summed E-state index contributed by atoms with van der Waals surface area (Å²) in [5, 5.41) is 46.0. The van der Waals surface area contributed by atoms with Gasteiger partial charge in [0.15, 0.2) is 5.78 Å². The van der Waals surface area contributed by atoms with Gasteiger partial charge in [-0.05, 0) is 117 Å². The zero-order valence-corrected chi connectivity index (χ0v) is 41.6. The summed E-state index contributed by atoms with van der Waals surface area (Å²) in [6.07, 6.45) is 12.5. The predicted octanol–water partition coefficient (Wildman–Crippen LogP) is 5.39. The molecule has 5 rings (SSSR count). The number of methoxy groups -OCH3 is 2. The van der Waals surface area contributed by atoms with E-state index in [0.29, 0.717) is 63.4 Å². The highest BCUT2D eigenvalue weighted by atomic mass is 16.6. The quantitative estimate of drug-likeness (QED) is 0.184. The fourth-order valence-corrected chi connectivity index (χ4v) is 10.5. The van der Waals surface area contributed by atoms with Crippen LogP contribution in [-0.4, -0.2) is 139 Å². The minimum Gasteiger partial charge on any atom is -0.460 e. The number of ether oxygens (including phenoxy) is 4. The number of fused-ring (bicyclic) bond motifs is 3. The van der Waals surface area contributed by atoms with Crippen molar-refractivity contribution in [2.24, 2.45) is 35.5 Å². The Hall–Kier alpha value is -4.26. The number of allylic oxidation sites excluding steroid dienone is 6. The maximum Gasteiger partial charge on any atom is 0.329 e. The highest BCUT2D eigenvalue weighted by Crippen LogP contribution is 2.39. The molecule has 1 aliphatic carbocycles. The van der Waals surface area contributed by atoms with Crippen LogP contribution >= 0.6 is 0 Å². The minimum atomic E-state index is -2.44. The van der Waals surface area contributed by atoms with E-state index < -0.39 is 83.9 Å². The van der Waals surface area contributed by atoms with Crippen LogP contribution in [0.4, 0.5) is 0 Å². The first-order valence-electron chi connectivity index (χ1n) is 24.7. The summed E-state index contributed by atoms with van der Waals surface area (Å²) in [6.45, 7) is 12.7. The van der Waals surface area contributed by atoms with Gasteiger partial charge >= 0.3 is 5.97 Å². The summed E-state index contributed by atoms with van der Waals surface area (Å²) in [7, 11) is 2.95. The molecule has 0 radical (unpaired) electrons. The normalized spacial score (nSPS) is 39.1. The average Bonchev–Trinajstić information content (AvgIpc) is 3.85. The van der Waals surface area contributed by atoms with Crippen molar-refractivity contribution < 1.29 is 58.2 Å². The van der Waals surface area contributed by atoms with E-state index in [1.54, 1.807) is 38.6 Å². The van der Waals surface area contributed by atoms with Gasteiger partial charge in [-0.25, -0.2) is 9.48 Å². The van der Waals surface area contributed by atoms with Crippen LogP contribution < -0.4 is 0 Å². The van der Waals surface area contributed by atoms with E-state index in [1.165, 1.54) is 18.3 Å². The Bertz CT molecular complexity index is 2000. The molecule has 1 amide bonds. The molecule has 2 unspecified atom stereocenters. The number of piperidine rings is 1. The van der Waals surface area contributed by atoms with Gasteiger partial charge in [0.25, 0.3) is 11.7 Å². The Morgan fingerprint density at radius 3 is 2.32 bits per heavy atom. The number of hydrogen-bond acceptors (Lipinski definition) is 15. The standard InChI is InChI=1S/C51H77N5O12/c1-30-15-11-10-12-16-31(2)43(65-8)27-38-20-18-36(7)51(64,68-38)48(61)49(62)55-22-14-13-17-40(55)50(63)67-44(33(4)25-37-19-21-39(42(58)26-37)56-29-52-53-54-56)28-41(57)32(3)24-35(6)46(60)47(66-9)45(59)34(5)23-30/h10-12,15-16,24,29-30,32-34,36-40,42-44,46-47,58,60,64H,13-14,17-23,25-28H2,1-9H3/b12-10+,15-11+,31-16+,35-24+/t30-,32-,33-,34-,36-,37+,38+,39?,40+,42?,43+,44+,46-,47+,51-/m1/s1. The van der Waals surface area contributed by atoms with Crippen LogP contribution in [0.2, 0.25) is 0 Å². The summed E-state index contributed by atoms with van der Waals surface area (Å²) in [5.74, 6) is -8.25. The van der Waals surface area contributed by atoms with Crippen molar-refractivity contribution in [3.8, 4) is 0 Å². The lowest BCUT2D eigenvalue weighted by atomic mass is 9.77. The van der Waals surface area contributed by atoms with Crippen molar-refractivity contribution in [3.63, 3.8) is 0 Å². The van der Waals surface area contributed by atoms with Crippen molar-refractivity contribution in [1.29, 1.82) is 0 Å². The summed E-state index contributed by atoms with van der Waals surface area (Å²) < 4.78 is 25.4. The van der Waals surface area contributed by atoms with Crippen LogP contribution in [0, 0.1) is 35.5 Å². The highest BCUT2D eigenvalue weighted by molar-refractivity contribution is 6.39. The lowest BCUT2D eigenvalue weighted by Crippen LogP contribution is -2.61. The van der Waals surface area contributed by atoms with Crippen LogP contribution in [0.25, 0.3) is 0 Å². The second kappa shape index (κ2) is 25.0. The summed E-state index contributed by atoms with van der Waals surface area (Å²) in [6, 6.07) is -1.45. The van der Waals surface area contributed by atoms with Gasteiger partial charge in [0, 0.05) is 51.4 Å². The molecule has 15 atom stereocenters. The molecule has 378 valence electrons. The van der Waals surface area contributed by atoms with E-state index in [0.717, 1.165) is 12.0 Å². The third-order valence-corrected chi connectivity index (χ3v) is 14.9. The summed E-state index contributed by atoms with van der Waals surface area (Å²) in [4.78, 5) is 72.0. The highest BCUT2D eigenvalue weighted by Gasteiger charge is 2.53. The Kier molecular flexibility index (Phi) is 20.1. The number of rotatable bonds is 6. The number of cyclic esters (lactones) is 1. The molecule has 2 saturated heterocycles. The lowest BCUT2D eigenvalue weighted by Gasteiger charge is -2.42. The Morgan fingerprint density at radius 2 is 1.65 bits per heavy atom. The molecule has 3 aliphatic heterocycles. The maximum atomic E-state index is 14.4. The topological polar surface area (TPSA) is 230 Å². The molecule has 17 nitrogen and oxygen atoms in total. The summed E-state index contributed by atoms with van der Waals surface area (Å²) in [5.41, 5.74) is 1.25. The Balaban J connectivity index is 1.45. The van der Waals surface area contributed by atoms with Crippen LogP contribution in [-0.2, 0) is 42.9 Å². The van der Waals surface area contributed by atoms with E-state index in [1.807, 2.05) is 58.1 Å². The molecule has 68 heavy (non-hydrogen) atoms. The number of esters is 1. The first kappa shape index (κ1) is 54.7. The number of amides is 1. The molecular formula is C51H77N5O12. The van der Waals surface area contributed by atoms with Crippen LogP contribution in [0.3, 0.4) is 0 Å². The number of Topliss-reactive ketones (excluding diaryl/α,β-unsaturated/α-hetero) is 3. The van der Waals surface area contributed by atoms with Crippen molar-refractivity contribution in [2.45, 2.75) is 180 Å². The second-order valence-electron chi connectivity index (χ2n) is 20.2. The Labute approximate surface area is 401 Å². The largest absolute Gasteiger partial charge is 0.460 e. The Morgan fingerprint density at radius 1 is 0.897 bits per heavy atom. The fourth-order valence-electron chi connectivity index (χ4n) is 10.5. The summed E-state index contributed by atoms with van der Waals surface area (Å²) >= 11 is 0. The molecule has 2 bridgehead atoms. The van der Waals surface area contributed by atoms with Crippen molar-refractivity contribution >= 4 is 29.2 Å². The van der Waals surface area contributed by atoms with Crippen LogP contribution in [0.1, 0.15) is 132 Å². The number of carbonyl (C=O) groups excluding carboxylic acids is 5. The SMILES string of the molecule is CO[C@H]1C[C@@H]2CC[C@@H](C)[C@@](O)(O2)C(=O)C(=O)N2CCCC[C@H]2C(=O)O[C@H]([C@H](C)C[C@@H]2CCC(n3cnnn3)C(O)C2)CC(=O)[C@H](C)/C=C(\C)[C@@H](O)[C@@H](OC)C(=O)[C@H](C)C[C@H](C)/C=C/C=C/C=C/1C. The van der Waals surface area contributed by atoms with Crippen molar-refractivity contribution in [2.75, 3.05) is 20.8 Å². The van der Waals surface area contributed by atoms with Gasteiger partial charge in [0.1, 0.15) is 36.5 Å². The van der Waals surface area contributed by atoms with Crippen LogP contribution in [0.15, 0.2) is 53.9 Å². The van der Waals surface area contributed by atoms with Gasteiger partial charge in [-0.3, -0.25) is 19.2 Å². The molecule has 0 aromatic carbocycles. The molecular weight excluding hydrogens is 875 g/mol. The van der Waals surface area contributed by atoms with Crippen molar-refractivity contribution in [1.82, 2.24) is 25.1 Å². The maximum absolute atomic E-state index is 14.4. The van der Waals surface area contributed by atoms with E-state index in [9.17, 15) is 39.3 Å². The molecule has 4 aliphatic rings. The third kappa shape index (κ3) is 13.7. The van der Waals surface area contributed by atoms with Crippen LogP contribution in [0.5, 0.6) is 0 Å². The molecule has 1 aromatic heterocycles. The van der Waals surface area contributed by atoms with Gasteiger partial charge < -0.3 is 39.2 Å². The van der Waals surface area contributed by atoms with Gasteiger partial charge in [0.2, 0.25) is 5.79 Å². The number of tetrazole rings is 1. The molecule has 0 spiro atoms. The first-order chi connectivity index (χ1) is 32.3. The van der Waals surface area contributed by atoms with E-state index in [-0.39, 0.29) is 54.7 Å². The first-order valence-corrected chi connectivity index (χ1v) is 24.7. The number of ketones is 3. The number of carbonyl (C=O) groups is 5. The van der Waals surface area contributed by atoms with Gasteiger partial charge in [-0.1, -0.05) is 71.1 Å².